The SMILES string of the molecule is COc1cccc(NC2=CC(=O)C=C(C)C2=O)c1. The second-order valence-corrected chi connectivity index (χ2v) is 3.97. The smallest absolute Gasteiger partial charge is 0.205 e. The lowest BCUT2D eigenvalue weighted by Crippen LogP contribution is -2.18. The van der Waals surface area contributed by atoms with Gasteiger partial charge in [0.2, 0.25) is 5.78 Å². The molecule has 0 saturated carbocycles. The average Bonchev–Trinajstić information content (AvgIpc) is 2.35. The summed E-state index contributed by atoms with van der Waals surface area (Å²) in [4.78, 5) is 23.2. The lowest BCUT2D eigenvalue weighted by Gasteiger charge is -2.13. The Morgan fingerprint density at radius 1 is 1.17 bits per heavy atom. The quantitative estimate of drug-likeness (QED) is 0.826. The molecule has 4 nitrogen and oxygen atoms in total. The number of hydrogen-bond donors (Lipinski definition) is 1. The van der Waals surface area contributed by atoms with Gasteiger partial charge in [-0.2, -0.15) is 0 Å². The van der Waals surface area contributed by atoms with Crippen molar-refractivity contribution in [3.63, 3.8) is 0 Å². The van der Waals surface area contributed by atoms with Gasteiger partial charge >= 0.3 is 0 Å². The Balaban J connectivity index is 2.23. The maximum Gasteiger partial charge on any atom is 0.205 e. The van der Waals surface area contributed by atoms with Crippen molar-refractivity contribution in [2.75, 3.05) is 12.4 Å². The van der Waals surface area contributed by atoms with E-state index in [0.29, 0.717) is 17.0 Å². The third kappa shape index (κ3) is 2.48. The Bertz CT molecular complexity index is 570. The number of rotatable bonds is 3. The van der Waals surface area contributed by atoms with Crippen LogP contribution in [-0.4, -0.2) is 18.7 Å². The van der Waals surface area contributed by atoms with Crippen molar-refractivity contribution in [2.45, 2.75) is 6.92 Å². The number of allylic oxidation sites excluding steroid dienone is 3. The third-order valence-corrected chi connectivity index (χ3v) is 2.60. The summed E-state index contributed by atoms with van der Waals surface area (Å²) in [5.74, 6) is 0.331. The van der Waals surface area contributed by atoms with Gasteiger partial charge in [0.25, 0.3) is 0 Å². The fourth-order valence-electron chi connectivity index (χ4n) is 1.69. The van der Waals surface area contributed by atoms with Crippen molar-refractivity contribution >= 4 is 17.3 Å². The van der Waals surface area contributed by atoms with Crippen LogP contribution in [0.15, 0.2) is 47.7 Å². The van der Waals surface area contributed by atoms with Gasteiger partial charge in [0.05, 0.1) is 12.8 Å². The molecule has 0 fully saturated rings. The van der Waals surface area contributed by atoms with E-state index in [1.165, 1.54) is 12.2 Å². The molecule has 0 unspecified atom stereocenters. The highest BCUT2D eigenvalue weighted by Gasteiger charge is 2.18. The topological polar surface area (TPSA) is 55.4 Å². The van der Waals surface area contributed by atoms with Gasteiger partial charge in [-0.05, 0) is 25.1 Å². The zero-order valence-corrected chi connectivity index (χ0v) is 10.2. The Labute approximate surface area is 105 Å². The van der Waals surface area contributed by atoms with Gasteiger partial charge in [-0.1, -0.05) is 6.07 Å². The number of anilines is 1. The summed E-state index contributed by atoms with van der Waals surface area (Å²) < 4.78 is 5.09. The highest BCUT2D eigenvalue weighted by molar-refractivity contribution is 6.21. The normalized spacial score (nSPS) is 15.0. The number of carbonyl (C=O) groups is 2. The Morgan fingerprint density at radius 3 is 2.67 bits per heavy atom. The van der Waals surface area contributed by atoms with E-state index < -0.39 is 0 Å². The molecule has 18 heavy (non-hydrogen) atoms. The number of ether oxygens (including phenoxy) is 1. The molecule has 1 aliphatic rings. The molecule has 2 rings (SSSR count). The molecule has 1 aromatic rings. The van der Waals surface area contributed by atoms with E-state index >= 15 is 0 Å². The maximum absolute atomic E-state index is 11.8. The first-order valence-corrected chi connectivity index (χ1v) is 5.50. The van der Waals surface area contributed by atoms with E-state index in [1.807, 2.05) is 0 Å². The van der Waals surface area contributed by atoms with Crippen LogP contribution in [0.2, 0.25) is 0 Å². The van der Waals surface area contributed by atoms with Crippen LogP contribution in [0.4, 0.5) is 5.69 Å². The van der Waals surface area contributed by atoms with Crippen LogP contribution in [0.1, 0.15) is 6.92 Å². The molecule has 0 aliphatic heterocycles. The summed E-state index contributed by atoms with van der Waals surface area (Å²) >= 11 is 0. The second-order valence-electron chi connectivity index (χ2n) is 3.97. The van der Waals surface area contributed by atoms with Crippen molar-refractivity contribution < 1.29 is 14.3 Å². The highest BCUT2D eigenvalue weighted by atomic mass is 16.5. The van der Waals surface area contributed by atoms with Gasteiger partial charge in [-0.15, -0.1) is 0 Å². The molecule has 92 valence electrons. The standard InChI is InChI=1S/C14H13NO3/c1-9-6-11(16)8-13(14(9)17)15-10-4-3-5-12(7-10)18-2/h3-8,15H,1-2H3. The average molecular weight is 243 g/mol. The van der Waals surface area contributed by atoms with Crippen molar-refractivity contribution in [1.82, 2.24) is 0 Å². The van der Waals surface area contributed by atoms with Gasteiger partial charge in [0.1, 0.15) is 5.75 Å². The molecular weight excluding hydrogens is 230 g/mol. The minimum atomic E-state index is -0.183. The first-order valence-electron chi connectivity index (χ1n) is 5.50. The van der Waals surface area contributed by atoms with Crippen molar-refractivity contribution in [2.24, 2.45) is 0 Å². The number of methoxy groups -OCH3 is 1. The maximum atomic E-state index is 11.8. The van der Waals surface area contributed by atoms with Gasteiger partial charge in [-0.25, -0.2) is 0 Å². The molecule has 1 aliphatic carbocycles. The first kappa shape index (κ1) is 12.1. The zero-order chi connectivity index (χ0) is 13.1. The van der Waals surface area contributed by atoms with Crippen LogP contribution in [0.3, 0.4) is 0 Å². The fourth-order valence-corrected chi connectivity index (χ4v) is 1.69. The molecule has 0 radical (unpaired) electrons. The summed E-state index contributed by atoms with van der Waals surface area (Å²) in [5, 5.41) is 2.94. The van der Waals surface area contributed by atoms with Crippen molar-refractivity contribution in [1.29, 1.82) is 0 Å². The van der Waals surface area contributed by atoms with E-state index in [1.54, 1.807) is 38.3 Å². The molecule has 0 amide bonds. The third-order valence-electron chi connectivity index (χ3n) is 2.60. The molecule has 0 spiro atoms. The molecule has 0 atom stereocenters. The van der Waals surface area contributed by atoms with Crippen LogP contribution < -0.4 is 10.1 Å². The summed E-state index contributed by atoms with van der Waals surface area (Å²) in [6, 6.07) is 7.17. The molecule has 0 aromatic heterocycles. The van der Waals surface area contributed by atoms with Gasteiger partial charge in [0, 0.05) is 23.4 Å². The fraction of sp³-hybridized carbons (Fsp3) is 0.143. The van der Waals surface area contributed by atoms with Crippen LogP contribution in [0.25, 0.3) is 0 Å². The van der Waals surface area contributed by atoms with Gasteiger partial charge < -0.3 is 10.1 Å². The molecular formula is C14H13NO3. The highest BCUT2D eigenvalue weighted by Crippen LogP contribution is 2.20. The van der Waals surface area contributed by atoms with Crippen molar-refractivity contribution in [3.05, 3.63) is 47.7 Å². The number of ketones is 2. The molecule has 0 saturated heterocycles. The van der Waals surface area contributed by atoms with Gasteiger partial charge in [0.15, 0.2) is 5.78 Å². The molecule has 0 bridgehead atoms. The number of hydrogen-bond acceptors (Lipinski definition) is 4. The molecule has 0 heterocycles. The molecule has 1 aromatic carbocycles. The monoisotopic (exact) mass is 243 g/mol. The molecule has 4 heteroatoms. The van der Waals surface area contributed by atoms with Crippen LogP contribution in [0, 0.1) is 0 Å². The summed E-state index contributed by atoms with van der Waals surface area (Å²) in [7, 11) is 1.57. The second kappa shape index (κ2) is 4.87. The Hall–Kier alpha value is -2.36. The number of nitrogens with one attached hydrogen (secondary N) is 1. The Kier molecular flexibility index (Phi) is 3.28. The predicted molar refractivity (Wildman–Crippen MR) is 68.5 cm³/mol. The number of benzene rings is 1. The lowest BCUT2D eigenvalue weighted by atomic mass is 10.0. The zero-order valence-electron chi connectivity index (χ0n) is 10.2. The molecule has 1 N–H and O–H groups in total. The lowest BCUT2D eigenvalue weighted by molar-refractivity contribution is -0.115. The Morgan fingerprint density at radius 2 is 1.94 bits per heavy atom. The first-order chi connectivity index (χ1) is 8.60. The van der Waals surface area contributed by atoms with E-state index in [0.717, 1.165) is 0 Å². The number of carbonyl (C=O) groups excluding carboxylic acids is 2. The van der Waals surface area contributed by atoms with Crippen LogP contribution in [0.5, 0.6) is 5.75 Å². The summed E-state index contributed by atoms with van der Waals surface area (Å²) in [6.07, 6.45) is 2.63. The van der Waals surface area contributed by atoms with Gasteiger partial charge in [-0.3, -0.25) is 9.59 Å². The predicted octanol–water partition coefficient (Wildman–Crippen LogP) is 2.09. The number of Topliss-reactive ketones (excluding diaryl/α,β-unsaturated/α-hetero) is 1. The van der Waals surface area contributed by atoms with E-state index in [-0.39, 0.29) is 17.3 Å². The van der Waals surface area contributed by atoms with E-state index in [2.05, 4.69) is 5.32 Å². The minimum absolute atomic E-state index is 0.169. The summed E-state index contributed by atoms with van der Waals surface area (Å²) in [5.41, 5.74) is 1.43. The van der Waals surface area contributed by atoms with E-state index in [4.69, 9.17) is 4.74 Å². The van der Waals surface area contributed by atoms with Crippen molar-refractivity contribution in [3.8, 4) is 5.75 Å². The van der Waals surface area contributed by atoms with E-state index in [9.17, 15) is 9.59 Å². The minimum Gasteiger partial charge on any atom is -0.497 e. The summed E-state index contributed by atoms with van der Waals surface area (Å²) in [6.45, 7) is 1.63. The van der Waals surface area contributed by atoms with Crippen LogP contribution >= 0.6 is 0 Å². The largest absolute Gasteiger partial charge is 0.497 e. The van der Waals surface area contributed by atoms with Crippen LogP contribution in [-0.2, 0) is 9.59 Å².